The van der Waals surface area contributed by atoms with Gasteiger partial charge >= 0.3 is 39.5 Å². The molecule has 0 spiro atoms. The highest BCUT2D eigenvalue weighted by molar-refractivity contribution is 7.47. The molecule has 105 heavy (non-hydrogen) atoms. The fraction of sp³-hybridized carbons (Fsp3) is 0.953. The van der Waals surface area contributed by atoms with Gasteiger partial charge in [0, 0.05) is 25.7 Å². The Bertz CT molecular complexity index is 2010. The van der Waals surface area contributed by atoms with Gasteiger partial charge in [0.05, 0.1) is 26.4 Å². The highest BCUT2D eigenvalue weighted by Gasteiger charge is 2.30. The van der Waals surface area contributed by atoms with Gasteiger partial charge in [-0.1, -0.05) is 408 Å². The third kappa shape index (κ3) is 78.5. The topological polar surface area (TPSA) is 237 Å². The normalized spacial score (nSPS) is 14.1. The Balaban J connectivity index is 5.18. The van der Waals surface area contributed by atoms with E-state index < -0.39 is 97.5 Å². The van der Waals surface area contributed by atoms with Crippen molar-refractivity contribution >= 4 is 39.5 Å². The van der Waals surface area contributed by atoms with Crippen LogP contribution in [0.5, 0.6) is 0 Å². The van der Waals surface area contributed by atoms with Crippen molar-refractivity contribution in [2.24, 2.45) is 11.8 Å². The molecule has 0 amide bonds. The molecule has 0 heterocycles. The van der Waals surface area contributed by atoms with E-state index >= 15 is 0 Å². The van der Waals surface area contributed by atoms with Crippen LogP contribution in [0.4, 0.5) is 0 Å². The number of aliphatic hydroxyl groups excluding tert-OH is 1. The molecule has 0 aliphatic carbocycles. The van der Waals surface area contributed by atoms with E-state index in [1.807, 2.05) is 0 Å². The first-order valence-electron chi connectivity index (χ1n) is 44.5. The maximum Gasteiger partial charge on any atom is 0.472 e. The van der Waals surface area contributed by atoms with Gasteiger partial charge in [0.1, 0.15) is 19.3 Å². The van der Waals surface area contributed by atoms with Gasteiger partial charge in [0.25, 0.3) is 0 Å². The van der Waals surface area contributed by atoms with Gasteiger partial charge in [0.15, 0.2) is 12.2 Å². The molecular formula is C86H168O17P2. The lowest BCUT2D eigenvalue weighted by atomic mass is 9.99. The van der Waals surface area contributed by atoms with Crippen molar-refractivity contribution in [3.63, 3.8) is 0 Å². The Morgan fingerprint density at radius 2 is 0.486 bits per heavy atom. The first-order valence-corrected chi connectivity index (χ1v) is 47.5. The number of rotatable bonds is 85. The van der Waals surface area contributed by atoms with Crippen LogP contribution >= 0.6 is 15.6 Å². The fourth-order valence-corrected chi connectivity index (χ4v) is 15.0. The minimum absolute atomic E-state index is 0.108. The summed E-state index contributed by atoms with van der Waals surface area (Å²) in [6.45, 7) is 9.73. The van der Waals surface area contributed by atoms with Crippen molar-refractivity contribution in [1.29, 1.82) is 0 Å². The largest absolute Gasteiger partial charge is 0.472 e. The summed E-state index contributed by atoms with van der Waals surface area (Å²) >= 11 is 0. The number of carbonyl (C=O) groups is 4. The van der Waals surface area contributed by atoms with Crippen LogP contribution in [0.3, 0.4) is 0 Å². The summed E-state index contributed by atoms with van der Waals surface area (Å²) in [5.74, 6) is -0.438. The van der Waals surface area contributed by atoms with Gasteiger partial charge in [-0.15, -0.1) is 0 Å². The van der Waals surface area contributed by atoms with E-state index in [0.717, 1.165) is 108 Å². The predicted molar refractivity (Wildman–Crippen MR) is 432 cm³/mol. The van der Waals surface area contributed by atoms with Crippen LogP contribution in [-0.4, -0.2) is 96.7 Å². The van der Waals surface area contributed by atoms with Gasteiger partial charge in [-0.2, -0.15) is 0 Å². The molecule has 19 heteroatoms. The maximum absolute atomic E-state index is 13.1. The maximum atomic E-state index is 13.1. The second-order valence-corrected chi connectivity index (χ2v) is 34.6. The van der Waals surface area contributed by atoms with Crippen LogP contribution in [0.1, 0.15) is 459 Å². The van der Waals surface area contributed by atoms with Gasteiger partial charge in [-0.25, -0.2) is 9.13 Å². The number of unbranched alkanes of at least 4 members (excludes halogenated alkanes) is 54. The first-order chi connectivity index (χ1) is 50.9. The summed E-state index contributed by atoms with van der Waals surface area (Å²) in [4.78, 5) is 73.1. The van der Waals surface area contributed by atoms with Crippen LogP contribution < -0.4 is 0 Å². The van der Waals surface area contributed by atoms with Crippen LogP contribution in [0.2, 0.25) is 0 Å². The van der Waals surface area contributed by atoms with Crippen molar-refractivity contribution in [1.82, 2.24) is 0 Å². The van der Waals surface area contributed by atoms with Crippen molar-refractivity contribution in [2.45, 2.75) is 477 Å². The number of phosphoric acid groups is 2. The molecule has 0 saturated heterocycles. The van der Waals surface area contributed by atoms with Crippen LogP contribution in [-0.2, 0) is 65.4 Å². The number of phosphoric ester groups is 2. The molecule has 17 nitrogen and oxygen atoms in total. The second-order valence-electron chi connectivity index (χ2n) is 31.6. The number of carbonyl (C=O) groups excluding carboxylic acids is 4. The first kappa shape index (κ1) is 103. The summed E-state index contributed by atoms with van der Waals surface area (Å²) in [6, 6.07) is 0. The van der Waals surface area contributed by atoms with Gasteiger partial charge in [0.2, 0.25) is 0 Å². The lowest BCUT2D eigenvalue weighted by molar-refractivity contribution is -0.161. The van der Waals surface area contributed by atoms with Crippen molar-refractivity contribution in [2.75, 3.05) is 39.6 Å². The highest BCUT2D eigenvalue weighted by atomic mass is 31.2. The molecule has 624 valence electrons. The summed E-state index contributed by atoms with van der Waals surface area (Å²) in [5, 5.41) is 10.7. The zero-order valence-corrected chi connectivity index (χ0v) is 70.8. The van der Waals surface area contributed by atoms with Crippen molar-refractivity contribution < 1.29 is 80.2 Å². The van der Waals surface area contributed by atoms with Crippen LogP contribution in [0.15, 0.2) is 0 Å². The molecule has 6 atom stereocenters. The molecule has 0 radical (unpaired) electrons. The molecule has 0 aliphatic rings. The molecule has 0 aromatic carbocycles. The second kappa shape index (κ2) is 77.4. The van der Waals surface area contributed by atoms with E-state index in [1.54, 1.807) is 0 Å². The Morgan fingerprint density at radius 1 is 0.276 bits per heavy atom. The minimum atomic E-state index is -4.96. The molecule has 0 bridgehead atoms. The average Bonchev–Trinajstić information content (AvgIpc) is 0.905. The van der Waals surface area contributed by atoms with E-state index in [4.69, 9.17) is 37.0 Å². The van der Waals surface area contributed by atoms with E-state index in [-0.39, 0.29) is 25.7 Å². The number of ether oxygens (including phenoxy) is 4. The lowest BCUT2D eigenvalue weighted by Gasteiger charge is -2.21. The number of esters is 4. The molecule has 0 fully saturated rings. The minimum Gasteiger partial charge on any atom is -0.462 e. The molecule has 0 saturated carbocycles. The monoisotopic (exact) mass is 1540 g/mol. The smallest absolute Gasteiger partial charge is 0.462 e. The van der Waals surface area contributed by atoms with E-state index in [0.29, 0.717) is 25.7 Å². The predicted octanol–water partition coefficient (Wildman–Crippen LogP) is 26.2. The van der Waals surface area contributed by atoms with Crippen LogP contribution in [0.25, 0.3) is 0 Å². The highest BCUT2D eigenvalue weighted by Crippen LogP contribution is 2.45. The number of hydrogen-bond acceptors (Lipinski definition) is 15. The SMILES string of the molecule is CCCCCCCCCCCCCCCCCCCCC(=O)OC[C@H](COP(=O)(O)OC[C@@H](O)COP(=O)(O)OC[C@@H](COC(=O)CCCCCCCCCC)OC(=O)CCCCCCCCCCCCCCCCC(C)C)OC(=O)CCCCCCCCCCCCCCCCCCCCC(C)CC. The molecule has 3 N–H and O–H groups in total. The summed E-state index contributed by atoms with van der Waals surface area (Å²) in [5.41, 5.74) is 0. The molecule has 0 rings (SSSR count). The summed E-state index contributed by atoms with van der Waals surface area (Å²) < 4.78 is 68.8. The van der Waals surface area contributed by atoms with Crippen molar-refractivity contribution in [3.05, 3.63) is 0 Å². The van der Waals surface area contributed by atoms with Gasteiger partial charge in [-0.05, 0) is 37.5 Å². The molecule has 3 unspecified atom stereocenters. The average molecular weight is 1540 g/mol. The lowest BCUT2D eigenvalue weighted by Crippen LogP contribution is -2.30. The van der Waals surface area contributed by atoms with E-state index in [2.05, 4.69) is 41.5 Å². The standard InChI is InChI=1S/C86H168O17P2/c1-7-10-12-14-16-18-19-20-21-22-26-29-35-40-45-51-57-63-69-84(89)97-75-82(103-86(91)70-64-58-52-46-41-36-30-27-24-23-25-28-34-39-44-49-55-61-67-79(6)9-3)77-101-105(94,95)99-73-80(87)72-98-104(92,93)100-76-81(74-96-83(88)68-62-56-50-17-15-13-11-8-2)102-85(90)71-65-59-53-47-42-37-32-31-33-38-43-48-54-60-66-78(4)5/h78-82,87H,7-77H2,1-6H3,(H,92,93)(H,94,95)/t79?,80-,81+,82+/m0/s1. The Hall–Kier alpha value is -1.94. The summed E-state index contributed by atoms with van der Waals surface area (Å²) in [6.07, 6.45) is 69.5. The molecular weight excluding hydrogens is 1370 g/mol. The Labute approximate surface area is 645 Å². The van der Waals surface area contributed by atoms with Gasteiger partial charge in [-0.3, -0.25) is 37.3 Å². The van der Waals surface area contributed by atoms with Crippen molar-refractivity contribution in [3.8, 4) is 0 Å². The molecule has 0 aromatic heterocycles. The van der Waals surface area contributed by atoms with E-state index in [9.17, 15) is 43.2 Å². The number of hydrogen-bond donors (Lipinski definition) is 3. The third-order valence-corrected chi connectivity index (χ3v) is 22.5. The third-order valence-electron chi connectivity index (χ3n) is 20.6. The Morgan fingerprint density at radius 3 is 0.724 bits per heavy atom. The van der Waals surface area contributed by atoms with Crippen LogP contribution in [0, 0.1) is 11.8 Å². The fourth-order valence-electron chi connectivity index (χ4n) is 13.4. The Kier molecular flexibility index (Phi) is 76.0. The van der Waals surface area contributed by atoms with Gasteiger partial charge < -0.3 is 33.8 Å². The summed E-state index contributed by atoms with van der Waals surface area (Å²) in [7, 11) is -9.92. The molecule has 0 aromatic rings. The molecule has 0 aliphatic heterocycles. The quantitative estimate of drug-likeness (QED) is 0.0222. The number of aliphatic hydroxyl groups is 1. The van der Waals surface area contributed by atoms with E-state index in [1.165, 1.54) is 270 Å². The zero-order valence-electron chi connectivity index (χ0n) is 69.0. The zero-order chi connectivity index (χ0) is 77.1.